The van der Waals surface area contributed by atoms with Gasteiger partial charge >= 0.3 is 0 Å². The van der Waals surface area contributed by atoms with Gasteiger partial charge in [0.05, 0.1) is 0 Å². The van der Waals surface area contributed by atoms with Gasteiger partial charge < -0.3 is 0 Å². The summed E-state index contributed by atoms with van der Waals surface area (Å²) in [5.41, 5.74) is 6.23. The van der Waals surface area contributed by atoms with E-state index >= 15 is 0 Å². The molecule has 1 aliphatic carbocycles. The van der Waals surface area contributed by atoms with Crippen molar-refractivity contribution in [2.45, 2.75) is 96.7 Å². The lowest BCUT2D eigenvalue weighted by Gasteiger charge is -2.38. The Morgan fingerprint density at radius 3 is 1.53 bits per heavy atom. The Morgan fingerprint density at radius 1 is 0.737 bits per heavy atom. The largest absolute Gasteiger partial charge is 0.145 e. The van der Waals surface area contributed by atoms with Crippen LogP contribution in [0.1, 0.15) is 80.1 Å². The van der Waals surface area contributed by atoms with Gasteiger partial charge in [-0.15, -0.1) is 11.5 Å². The van der Waals surface area contributed by atoms with Crippen LogP contribution in [0.3, 0.4) is 0 Å². The van der Waals surface area contributed by atoms with Crippen LogP contribution < -0.4 is 0 Å². The first kappa shape index (κ1) is 16.8. The Labute approximate surface area is 122 Å². The third-order valence-electron chi connectivity index (χ3n) is 5.21. The molecule has 0 nitrogen and oxygen atoms in total. The highest BCUT2D eigenvalue weighted by molar-refractivity contribution is 6.90. The highest BCUT2D eigenvalue weighted by Crippen LogP contribution is 2.41. The lowest BCUT2D eigenvalue weighted by molar-refractivity contribution is 0.577. The maximum Gasteiger partial charge on any atom is 0.145 e. The molecule has 0 aromatic carbocycles. The summed E-state index contributed by atoms with van der Waals surface area (Å²) in [6, 6.07) is 0. The average Bonchev–Trinajstić information content (AvgIpc) is 2.56. The van der Waals surface area contributed by atoms with Crippen LogP contribution in [-0.4, -0.2) is 8.07 Å². The third kappa shape index (κ3) is 4.12. The van der Waals surface area contributed by atoms with Gasteiger partial charge in [0.25, 0.3) is 0 Å². The zero-order valence-electron chi connectivity index (χ0n) is 14.1. The van der Waals surface area contributed by atoms with E-state index in [4.69, 9.17) is 0 Å². The van der Waals surface area contributed by atoms with Crippen molar-refractivity contribution in [3.63, 3.8) is 0 Å². The molecule has 0 atom stereocenters. The van der Waals surface area contributed by atoms with Gasteiger partial charge in [0, 0.05) is 5.92 Å². The van der Waals surface area contributed by atoms with Crippen LogP contribution >= 0.6 is 0 Å². The Balaban J connectivity index is 2.94. The van der Waals surface area contributed by atoms with E-state index in [0.29, 0.717) is 5.92 Å². The van der Waals surface area contributed by atoms with E-state index < -0.39 is 8.07 Å². The zero-order valence-corrected chi connectivity index (χ0v) is 15.1. The van der Waals surface area contributed by atoms with Crippen LogP contribution in [0.4, 0.5) is 0 Å². The fourth-order valence-corrected chi connectivity index (χ4v) is 9.40. The molecule has 1 saturated carbocycles. The van der Waals surface area contributed by atoms with Gasteiger partial charge in [-0.2, -0.15) is 0 Å². The SMILES string of the molecule is CC(C)[Si](C#CC1CCCCCC1)(C(C)C)C(C)C. The quantitative estimate of drug-likeness (QED) is 0.328. The van der Waals surface area contributed by atoms with Crippen molar-refractivity contribution in [3.05, 3.63) is 0 Å². The van der Waals surface area contributed by atoms with Crippen molar-refractivity contribution < 1.29 is 0 Å². The molecule has 0 saturated heterocycles. The smallest absolute Gasteiger partial charge is 0.130 e. The summed E-state index contributed by atoms with van der Waals surface area (Å²) >= 11 is 0. The van der Waals surface area contributed by atoms with E-state index in [-0.39, 0.29) is 0 Å². The summed E-state index contributed by atoms with van der Waals surface area (Å²) in [6.07, 6.45) is 8.37. The Morgan fingerprint density at radius 2 is 1.16 bits per heavy atom. The van der Waals surface area contributed by atoms with Crippen molar-refractivity contribution in [1.29, 1.82) is 0 Å². The topological polar surface area (TPSA) is 0 Å². The first-order valence-electron chi connectivity index (χ1n) is 8.44. The second-order valence-electron chi connectivity index (χ2n) is 7.35. The van der Waals surface area contributed by atoms with E-state index in [9.17, 15) is 0 Å². The van der Waals surface area contributed by atoms with Crippen molar-refractivity contribution in [2.75, 3.05) is 0 Å². The molecule has 0 heterocycles. The molecule has 0 N–H and O–H groups in total. The van der Waals surface area contributed by atoms with Crippen molar-refractivity contribution >= 4 is 8.07 Å². The van der Waals surface area contributed by atoms with Crippen LogP contribution in [0.25, 0.3) is 0 Å². The molecule has 19 heavy (non-hydrogen) atoms. The highest BCUT2D eigenvalue weighted by atomic mass is 28.3. The van der Waals surface area contributed by atoms with E-state index in [1.807, 2.05) is 0 Å². The Kier molecular flexibility index (Phi) is 6.67. The van der Waals surface area contributed by atoms with E-state index in [1.165, 1.54) is 38.5 Å². The van der Waals surface area contributed by atoms with Crippen LogP contribution in [0.2, 0.25) is 16.6 Å². The van der Waals surface area contributed by atoms with Gasteiger partial charge in [-0.1, -0.05) is 67.2 Å². The van der Waals surface area contributed by atoms with Crippen LogP contribution in [0.5, 0.6) is 0 Å². The average molecular weight is 279 g/mol. The molecule has 110 valence electrons. The number of hydrogen-bond donors (Lipinski definition) is 0. The molecule has 0 amide bonds. The molecule has 1 heteroatoms. The van der Waals surface area contributed by atoms with E-state index in [2.05, 4.69) is 53.0 Å². The predicted octanol–water partition coefficient (Wildman–Crippen LogP) is 6.18. The van der Waals surface area contributed by atoms with Gasteiger partial charge in [-0.25, -0.2) is 0 Å². The molecular formula is C18H34Si. The van der Waals surface area contributed by atoms with Crippen LogP contribution in [-0.2, 0) is 0 Å². The number of rotatable bonds is 3. The van der Waals surface area contributed by atoms with Gasteiger partial charge in [-0.3, -0.25) is 0 Å². The summed E-state index contributed by atoms with van der Waals surface area (Å²) in [7, 11) is -1.49. The molecule has 0 unspecified atom stereocenters. The zero-order chi connectivity index (χ0) is 14.5. The molecular weight excluding hydrogens is 244 g/mol. The lowest BCUT2D eigenvalue weighted by atomic mass is 10.0. The van der Waals surface area contributed by atoms with Gasteiger partial charge in [-0.05, 0) is 29.5 Å². The minimum atomic E-state index is -1.49. The Hall–Kier alpha value is -0.223. The molecule has 1 fully saturated rings. The van der Waals surface area contributed by atoms with Gasteiger partial charge in [0.1, 0.15) is 8.07 Å². The summed E-state index contributed by atoms with van der Waals surface area (Å²) in [5, 5.41) is 0. The first-order valence-corrected chi connectivity index (χ1v) is 10.7. The maximum absolute atomic E-state index is 3.92. The standard InChI is InChI=1S/C18H34Si/c1-15(2)19(16(3)4,17(5)6)14-13-18-11-9-7-8-10-12-18/h15-18H,7-12H2,1-6H3. The lowest BCUT2D eigenvalue weighted by Crippen LogP contribution is -2.43. The molecule has 0 bridgehead atoms. The fourth-order valence-electron chi connectivity index (χ4n) is 4.08. The summed E-state index contributed by atoms with van der Waals surface area (Å²) < 4.78 is 0. The number of hydrogen-bond acceptors (Lipinski definition) is 0. The molecule has 0 aromatic heterocycles. The van der Waals surface area contributed by atoms with E-state index in [1.54, 1.807) is 0 Å². The highest BCUT2D eigenvalue weighted by Gasteiger charge is 2.41. The summed E-state index contributed by atoms with van der Waals surface area (Å²) in [5.74, 6) is 4.46. The minimum Gasteiger partial charge on any atom is -0.130 e. The second-order valence-corrected chi connectivity index (χ2v) is 12.9. The van der Waals surface area contributed by atoms with E-state index in [0.717, 1.165) is 16.6 Å². The van der Waals surface area contributed by atoms with Crippen molar-refractivity contribution in [2.24, 2.45) is 5.92 Å². The monoisotopic (exact) mass is 278 g/mol. The van der Waals surface area contributed by atoms with Crippen molar-refractivity contribution in [1.82, 2.24) is 0 Å². The molecule has 0 spiro atoms. The van der Waals surface area contributed by atoms with Gasteiger partial charge in [0.2, 0.25) is 0 Å². The van der Waals surface area contributed by atoms with Crippen LogP contribution in [0, 0.1) is 17.4 Å². The molecule has 1 rings (SSSR count). The molecule has 0 aromatic rings. The maximum atomic E-state index is 3.92. The molecule has 0 radical (unpaired) electrons. The summed E-state index contributed by atoms with van der Waals surface area (Å²) in [4.78, 5) is 0. The van der Waals surface area contributed by atoms with Gasteiger partial charge in [0.15, 0.2) is 0 Å². The Bertz CT molecular complexity index is 287. The fraction of sp³-hybridized carbons (Fsp3) is 0.889. The third-order valence-corrected chi connectivity index (χ3v) is 11.5. The normalized spacial score (nSPS) is 18.6. The van der Waals surface area contributed by atoms with Crippen molar-refractivity contribution in [3.8, 4) is 11.5 Å². The molecule has 0 aliphatic heterocycles. The first-order chi connectivity index (χ1) is 8.91. The predicted molar refractivity (Wildman–Crippen MR) is 90.0 cm³/mol. The molecule has 1 aliphatic rings. The minimum absolute atomic E-state index is 0.700. The van der Waals surface area contributed by atoms with Crippen LogP contribution in [0.15, 0.2) is 0 Å². The second kappa shape index (κ2) is 7.53. The summed E-state index contributed by atoms with van der Waals surface area (Å²) in [6.45, 7) is 14.5.